The number of nitro benzene ring substituents is 1. The zero-order valence-electron chi connectivity index (χ0n) is 10.2. The summed E-state index contributed by atoms with van der Waals surface area (Å²) in [6.45, 7) is 1.99. The van der Waals surface area contributed by atoms with Crippen LogP contribution in [0.5, 0.6) is 0 Å². The number of anilines is 3. The summed E-state index contributed by atoms with van der Waals surface area (Å²) in [5.74, 6) is 0. The molecule has 0 bridgehead atoms. The average molecular weight is 322 g/mol. The molecule has 0 aliphatic heterocycles. The molecule has 0 aliphatic carbocycles. The number of nitrogens with one attached hydrogen (secondary N) is 1. The second-order valence-corrected chi connectivity index (χ2v) is 5.01. The van der Waals surface area contributed by atoms with E-state index < -0.39 is 4.92 Å². The number of benzene rings is 2. The maximum atomic E-state index is 10.8. The minimum Gasteiger partial charge on any atom is -0.398 e. The van der Waals surface area contributed by atoms with E-state index in [4.69, 9.17) is 5.73 Å². The van der Waals surface area contributed by atoms with Gasteiger partial charge in [-0.3, -0.25) is 10.1 Å². The van der Waals surface area contributed by atoms with Crippen molar-refractivity contribution in [2.24, 2.45) is 0 Å². The van der Waals surface area contributed by atoms with Crippen LogP contribution >= 0.6 is 15.9 Å². The second-order valence-electron chi connectivity index (χ2n) is 4.16. The van der Waals surface area contributed by atoms with Gasteiger partial charge in [0.2, 0.25) is 0 Å². The summed E-state index contributed by atoms with van der Waals surface area (Å²) in [6, 6.07) is 10.2. The van der Waals surface area contributed by atoms with E-state index in [1.54, 1.807) is 6.07 Å². The lowest BCUT2D eigenvalue weighted by Gasteiger charge is -2.09. The summed E-state index contributed by atoms with van der Waals surface area (Å²) >= 11 is 3.44. The molecule has 2 rings (SSSR count). The predicted octanol–water partition coefficient (Wildman–Crippen LogP) is 3.99. The van der Waals surface area contributed by atoms with Crippen molar-refractivity contribution in [3.63, 3.8) is 0 Å². The van der Waals surface area contributed by atoms with E-state index in [9.17, 15) is 10.1 Å². The SMILES string of the molecule is Cc1ccc(Nc2cc(N)cc([N+](=O)[O-])c2)cc1Br. The number of hydrogen-bond acceptors (Lipinski definition) is 4. The number of aryl methyl sites for hydroxylation is 1. The third-order valence-electron chi connectivity index (χ3n) is 2.61. The second kappa shape index (κ2) is 5.27. The molecule has 2 aromatic carbocycles. The van der Waals surface area contributed by atoms with Crippen LogP contribution in [0.2, 0.25) is 0 Å². The van der Waals surface area contributed by atoms with Gasteiger partial charge in [0.05, 0.1) is 4.92 Å². The van der Waals surface area contributed by atoms with E-state index in [-0.39, 0.29) is 5.69 Å². The Kier molecular flexibility index (Phi) is 3.71. The minimum absolute atomic E-state index is 0.0336. The van der Waals surface area contributed by atoms with Gasteiger partial charge >= 0.3 is 0 Å². The largest absolute Gasteiger partial charge is 0.398 e. The van der Waals surface area contributed by atoms with Gasteiger partial charge in [-0.2, -0.15) is 0 Å². The van der Waals surface area contributed by atoms with Crippen LogP contribution in [0.4, 0.5) is 22.7 Å². The Hall–Kier alpha value is -2.08. The van der Waals surface area contributed by atoms with E-state index in [0.717, 1.165) is 15.7 Å². The first-order valence-corrected chi connectivity index (χ1v) is 6.33. The van der Waals surface area contributed by atoms with Gasteiger partial charge in [-0.15, -0.1) is 0 Å². The molecule has 0 heterocycles. The van der Waals surface area contributed by atoms with Gasteiger partial charge in [-0.05, 0) is 30.7 Å². The maximum absolute atomic E-state index is 10.8. The van der Waals surface area contributed by atoms with Gasteiger partial charge in [0.15, 0.2) is 0 Å². The molecule has 3 N–H and O–H groups in total. The van der Waals surface area contributed by atoms with Crippen molar-refractivity contribution in [2.45, 2.75) is 6.92 Å². The van der Waals surface area contributed by atoms with E-state index in [0.29, 0.717) is 11.4 Å². The summed E-state index contributed by atoms with van der Waals surface area (Å²) in [6.07, 6.45) is 0. The molecule has 0 saturated carbocycles. The van der Waals surface area contributed by atoms with Crippen LogP contribution in [0.15, 0.2) is 40.9 Å². The standard InChI is InChI=1S/C13H12BrN3O2/c1-8-2-3-10(7-13(8)14)16-11-4-9(15)5-12(6-11)17(18)19/h2-7,16H,15H2,1H3. The molecule has 0 aliphatic rings. The number of nitro groups is 1. The fourth-order valence-electron chi connectivity index (χ4n) is 1.65. The molecule has 98 valence electrons. The van der Waals surface area contributed by atoms with Crippen LogP contribution in [0.1, 0.15) is 5.56 Å². The predicted molar refractivity (Wildman–Crippen MR) is 79.7 cm³/mol. The molecule has 0 atom stereocenters. The summed E-state index contributed by atoms with van der Waals surface area (Å²) in [5.41, 5.74) is 8.50. The molecule has 0 spiro atoms. The van der Waals surface area contributed by atoms with Gasteiger partial charge in [-0.25, -0.2) is 0 Å². The van der Waals surface area contributed by atoms with Crippen LogP contribution < -0.4 is 11.1 Å². The lowest BCUT2D eigenvalue weighted by molar-refractivity contribution is -0.384. The quantitative estimate of drug-likeness (QED) is 0.508. The zero-order chi connectivity index (χ0) is 14.0. The van der Waals surface area contributed by atoms with Crippen molar-refractivity contribution >= 4 is 38.7 Å². The van der Waals surface area contributed by atoms with Crippen molar-refractivity contribution in [3.05, 3.63) is 56.5 Å². The molecule has 2 aromatic rings. The third-order valence-corrected chi connectivity index (χ3v) is 3.47. The highest BCUT2D eigenvalue weighted by atomic mass is 79.9. The average Bonchev–Trinajstić information content (AvgIpc) is 2.33. The maximum Gasteiger partial charge on any atom is 0.273 e. The number of rotatable bonds is 3. The number of nitrogens with two attached hydrogens (primary N) is 1. The van der Waals surface area contributed by atoms with Gasteiger partial charge in [0.1, 0.15) is 0 Å². The zero-order valence-corrected chi connectivity index (χ0v) is 11.8. The fourth-order valence-corrected chi connectivity index (χ4v) is 2.03. The lowest BCUT2D eigenvalue weighted by atomic mass is 10.2. The van der Waals surface area contributed by atoms with Gasteiger partial charge in [0, 0.05) is 33.7 Å². The Morgan fingerprint density at radius 2 is 1.95 bits per heavy atom. The van der Waals surface area contributed by atoms with E-state index in [1.165, 1.54) is 12.1 Å². The monoisotopic (exact) mass is 321 g/mol. The van der Waals surface area contributed by atoms with E-state index in [1.807, 2.05) is 25.1 Å². The summed E-state index contributed by atoms with van der Waals surface area (Å²) in [7, 11) is 0. The number of halogens is 1. The molecule has 0 saturated heterocycles. The van der Waals surface area contributed by atoms with Crippen molar-refractivity contribution < 1.29 is 4.92 Å². The highest BCUT2D eigenvalue weighted by molar-refractivity contribution is 9.10. The highest BCUT2D eigenvalue weighted by Crippen LogP contribution is 2.27. The van der Waals surface area contributed by atoms with Gasteiger partial charge in [-0.1, -0.05) is 22.0 Å². The van der Waals surface area contributed by atoms with E-state index >= 15 is 0 Å². The number of nitrogen functional groups attached to an aromatic ring is 1. The molecule has 0 radical (unpaired) electrons. The first-order valence-electron chi connectivity index (χ1n) is 5.54. The van der Waals surface area contributed by atoms with Crippen LogP contribution in [-0.4, -0.2) is 4.92 Å². The lowest BCUT2D eigenvalue weighted by Crippen LogP contribution is -1.96. The molecular formula is C13H12BrN3O2. The Labute approximate surface area is 118 Å². The molecule has 5 nitrogen and oxygen atoms in total. The summed E-state index contributed by atoms with van der Waals surface area (Å²) < 4.78 is 0.968. The van der Waals surface area contributed by atoms with Crippen LogP contribution in [0, 0.1) is 17.0 Å². The molecular weight excluding hydrogens is 310 g/mol. The third kappa shape index (κ3) is 3.23. The van der Waals surface area contributed by atoms with Crippen molar-refractivity contribution in [1.82, 2.24) is 0 Å². The van der Waals surface area contributed by atoms with Gasteiger partial charge in [0.25, 0.3) is 5.69 Å². The Morgan fingerprint density at radius 1 is 1.21 bits per heavy atom. The smallest absolute Gasteiger partial charge is 0.273 e. The van der Waals surface area contributed by atoms with E-state index in [2.05, 4.69) is 21.2 Å². The van der Waals surface area contributed by atoms with Crippen LogP contribution in [0.3, 0.4) is 0 Å². The molecule has 6 heteroatoms. The van der Waals surface area contributed by atoms with Crippen LogP contribution in [-0.2, 0) is 0 Å². The van der Waals surface area contributed by atoms with Crippen molar-refractivity contribution in [2.75, 3.05) is 11.1 Å². The summed E-state index contributed by atoms with van der Waals surface area (Å²) in [4.78, 5) is 10.3. The molecule has 0 fully saturated rings. The van der Waals surface area contributed by atoms with Gasteiger partial charge < -0.3 is 11.1 Å². The Morgan fingerprint density at radius 3 is 2.58 bits per heavy atom. The van der Waals surface area contributed by atoms with Crippen molar-refractivity contribution in [3.8, 4) is 0 Å². The van der Waals surface area contributed by atoms with Crippen LogP contribution in [0.25, 0.3) is 0 Å². The number of nitrogens with zero attached hydrogens (tertiary/aromatic N) is 1. The topological polar surface area (TPSA) is 81.2 Å². The number of non-ortho nitro benzene ring substituents is 1. The molecule has 0 unspecified atom stereocenters. The molecule has 0 aromatic heterocycles. The number of hydrogen-bond donors (Lipinski definition) is 2. The Balaban J connectivity index is 2.32. The molecule has 0 amide bonds. The normalized spacial score (nSPS) is 10.2. The first-order chi connectivity index (χ1) is 8.95. The fraction of sp³-hybridized carbons (Fsp3) is 0.0769. The van der Waals surface area contributed by atoms with Crippen molar-refractivity contribution in [1.29, 1.82) is 0 Å². The first kappa shape index (κ1) is 13.4. The highest BCUT2D eigenvalue weighted by Gasteiger charge is 2.08. The summed E-state index contributed by atoms with van der Waals surface area (Å²) in [5, 5.41) is 13.9. The molecule has 19 heavy (non-hydrogen) atoms. The minimum atomic E-state index is -0.466. The Bertz CT molecular complexity index is 644.